The van der Waals surface area contributed by atoms with Crippen LogP contribution in [0.2, 0.25) is 0 Å². The van der Waals surface area contributed by atoms with Crippen LogP contribution >= 0.6 is 11.8 Å². The van der Waals surface area contributed by atoms with Gasteiger partial charge in [-0.15, -0.1) is 0 Å². The van der Waals surface area contributed by atoms with E-state index in [0.29, 0.717) is 11.1 Å². The number of thioether (sulfide) groups is 1. The molecular weight excluding hydrogens is 250 g/mol. The van der Waals surface area contributed by atoms with E-state index in [1.165, 1.54) is 0 Å². The molecule has 0 radical (unpaired) electrons. The monoisotopic (exact) mass is 265 g/mol. The van der Waals surface area contributed by atoms with Gasteiger partial charge in [-0.2, -0.15) is 11.8 Å². The number of aliphatic carboxylic acids is 1. The summed E-state index contributed by atoms with van der Waals surface area (Å²) in [5.41, 5.74) is 1.03. The molecule has 96 valence electrons. The maximum absolute atomic E-state index is 12.1. The van der Waals surface area contributed by atoms with Crippen molar-refractivity contribution >= 4 is 23.6 Å². The minimum absolute atomic E-state index is 0.122. The highest BCUT2D eigenvalue weighted by atomic mass is 32.2. The number of carboxylic acids is 1. The minimum Gasteiger partial charge on any atom is -0.481 e. The lowest BCUT2D eigenvalue weighted by molar-refractivity contribution is -0.136. The van der Waals surface area contributed by atoms with E-state index in [1.54, 1.807) is 24.3 Å². The summed E-state index contributed by atoms with van der Waals surface area (Å²) in [6.07, 6.45) is 0.862. The standard InChI is InChI=1S/C13H15NO3S/c15-12(16)7-9-3-1-2-4-11(9)13(17)14-10-5-6-18-8-10/h1-4,10H,5-8H2,(H,14,17)(H,15,16). The van der Waals surface area contributed by atoms with Crippen LogP contribution in [0.15, 0.2) is 24.3 Å². The van der Waals surface area contributed by atoms with E-state index < -0.39 is 5.97 Å². The highest BCUT2D eigenvalue weighted by molar-refractivity contribution is 7.99. The summed E-state index contributed by atoms with van der Waals surface area (Å²) in [5.74, 6) is 0.917. The summed E-state index contributed by atoms with van der Waals surface area (Å²) in [5, 5.41) is 11.8. The van der Waals surface area contributed by atoms with Gasteiger partial charge in [-0.25, -0.2) is 0 Å². The Labute approximate surface area is 110 Å². The molecule has 1 fully saturated rings. The van der Waals surface area contributed by atoms with Gasteiger partial charge in [0, 0.05) is 17.4 Å². The van der Waals surface area contributed by atoms with Crippen molar-refractivity contribution in [3.05, 3.63) is 35.4 Å². The first-order chi connectivity index (χ1) is 8.66. The summed E-state index contributed by atoms with van der Waals surface area (Å²) < 4.78 is 0. The van der Waals surface area contributed by atoms with Gasteiger partial charge in [0.1, 0.15) is 0 Å². The number of benzene rings is 1. The molecule has 1 saturated heterocycles. The molecule has 1 unspecified atom stereocenters. The Bertz CT molecular complexity index is 455. The van der Waals surface area contributed by atoms with Crippen LogP contribution < -0.4 is 5.32 Å². The normalized spacial score (nSPS) is 18.6. The van der Waals surface area contributed by atoms with E-state index in [9.17, 15) is 9.59 Å². The Balaban J connectivity index is 2.10. The Morgan fingerprint density at radius 1 is 1.39 bits per heavy atom. The second kappa shape index (κ2) is 5.91. The lowest BCUT2D eigenvalue weighted by Crippen LogP contribution is -2.35. The fourth-order valence-corrected chi connectivity index (χ4v) is 3.12. The Morgan fingerprint density at radius 3 is 2.83 bits per heavy atom. The van der Waals surface area contributed by atoms with Crippen LogP contribution in [0.3, 0.4) is 0 Å². The van der Waals surface area contributed by atoms with Crippen molar-refractivity contribution in [1.29, 1.82) is 0 Å². The number of carbonyl (C=O) groups excluding carboxylic acids is 1. The molecule has 0 spiro atoms. The number of carbonyl (C=O) groups is 2. The summed E-state index contributed by atoms with van der Waals surface area (Å²) in [6, 6.07) is 7.08. The number of carboxylic acid groups (broad SMARTS) is 1. The van der Waals surface area contributed by atoms with Gasteiger partial charge < -0.3 is 10.4 Å². The zero-order valence-corrected chi connectivity index (χ0v) is 10.7. The van der Waals surface area contributed by atoms with Crippen molar-refractivity contribution in [3.8, 4) is 0 Å². The van der Waals surface area contributed by atoms with E-state index in [4.69, 9.17) is 5.11 Å². The first-order valence-electron chi connectivity index (χ1n) is 5.85. The van der Waals surface area contributed by atoms with Gasteiger partial charge >= 0.3 is 5.97 Å². The summed E-state index contributed by atoms with van der Waals surface area (Å²) in [6.45, 7) is 0. The van der Waals surface area contributed by atoms with Gasteiger partial charge in [0.05, 0.1) is 6.42 Å². The Hall–Kier alpha value is -1.49. The Kier molecular flexibility index (Phi) is 4.25. The van der Waals surface area contributed by atoms with E-state index in [-0.39, 0.29) is 18.4 Å². The number of rotatable bonds is 4. The summed E-state index contributed by atoms with van der Waals surface area (Å²) >= 11 is 1.83. The minimum atomic E-state index is -0.924. The van der Waals surface area contributed by atoms with E-state index >= 15 is 0 Å². The van der Waals surface area contributed by atoms with Crippen LogP contribution in [-0.4, -0.2) is 34.5 Å². The maximum atomic E-state index is 12.1. The topological polar surface area (TPSA) is 66.4 Å². The lowest BCUT2D eigenvalue weighted by Gasteiger charge is -2.13. The number of hydrogen-bond acceptors (Lipinski definition) is 3. The van der Waals surface area contributed by atoms with Crippen molar-refractivity contribution in [2.45, 2.75) is 18.9 Å². The first kappa shape index (κ1) is 13.0. The van der Waals surface area contributed by atoms with Gasteiger partial charge in [-0.05, 0) is 23.8 Å². The van der Waals surface area contributed by atoms with E-state index in [2.05, 4.69) is 5.32 Å². The molecular formula is C13H15NO3S. The predicted molar refractivity (Wildman–Crippen MR) is 71.0 cm³/mol. The quantitative estimate of drug-likeness (QED) is 0.867. The Morgan fingerprint density at radius 2 is 2.17 bits per heavy atom. The van der Waals surface area contributed by atoms with Crippen molar-refractivity contribution in [2.75, 3.05) is 11.5 Å². The SMILES string of the molecule is O=C(O)Cc1ccccc1C(=O)NC1CCSC1. The van der Waals surface area contributed by atoms with Crippen molar-refractivity contribution in [3.63, 3.8) is 0 Å². The maximum Gasteiger partial charge on any atom is 0.307 e. The number of hydrogen-bond donors (Lipinski definition) is 2. The van der Waals surface area contributed by atoms with Gasteiger partial charge in [-0.3, -0.25) is 9.59 Å². The summed E-state index contributed by atoms with van der Waals surface area (Å²) in [4.78, 5) is 22.8. The fourth-order valence-electron chi connectivity index (χ4n) is 1.97. The molecule has 5 heteroatoms. The predicted octanol–water partition coefficient (Wildman–Crippen LogP) is 1.55. The molecule has 2 N–H and O–H groups in total. The van der Waals surface area contributed by atoms with E-state index in [1.807, 2.05) is 11.8 Å². The smallest absolute Gasteiger partial charge is 0.307 e. The van der Waals surface area contributed by atoms with Crippen LogP contribution in [0, 0.1) is 0 Å². The first-order valence-corrected chi connectivity index (χ1v) is 7.00. The molecule has 18 heavy (non-hydrogen) atoms. The van der Waals surface area contributed by atoms with E-state index in [0.717, 1.165) is 17.9 Å². The molecule has 0 saturated carbocycles. The molecule has 0 aromatic heterocycles. The third kappa shape index (κ3) is 3.26. The van der Waals surface area contributed by atoms with Crippen LogP contribution in [0.25, 0.3) is 0 Å². The van der Waals surface area contributed by atoms with Crippen LogP contribution in [0.5, 0.6) is 0 Å². The van der Waals surface area contributed by atoms with Crippen molar-refractivity contribution < 1.29 is 14.7 Å². The fraction of sp³-hybridized carbons (Fsp3) is 0.385. The molecule has 0 aliphatic carbocycles. The molecule has 1 aliphatic rings. The molecule has 0 bridgehead atoms. The second-order valence-electron chi connectivity index (χ2n) is 4.26. The molecule has 1 heterocycles. The molecule has 1 aliphatic heterocycles. The third-order valence-electron chi connectivity index (χ3n) is 2.87. The van der Waals surface area contributed by atoms with Gasteiger partial charge in [0.2, 0.25) is 0 Å². The number of amides is 1. The average Bonchev–Trinajstić information content (AvgIpc) is 2.81. The summed E-state index contributed by atoms with van der Waals surface area (Å²) in [7, 11) is 0. The van der Waals surface area contributed by atoms with Crippen molar-refractivity contribution in [1.82, 2.24) is 5.32 Å². The molecule has 2 rings (SSSR count). The average molecular weight is 265 g/mol. The molecule has 1 amide bonds. The zero-order chi connectivity index (χ0) is 13.0. The van der Waals surface area contributed by atoms with Crippen LogP contribution in [0.4, 0.5) is 0 Å². The lowest BCUT2D eigenvalue weighted by atomic mass is 10.0. The second-order valence-corrected chi connectivity index (χ2v) is 5.41. The van der Waals surface area contributed by atoms with Crippen molar-refractivity contribution in [2.24, 2.45) is 0 Å². The molecule has 1 aromatic rings. The zero-order valence-electron chi connectivity index (χ0n) is 9.89. The largest absolute Gasteiger partial charge is 0.481 e. The highest BCUT2D eigenvalue weighted by Crippen LogP contribution is 2.18. The third-order valence-corrected chi connectivity index (χ3v) is 4.03. The number of nitrogens with one attached hydrogen (secondary N) is 1. The van der Waals surface area contributed by atoms with Crippen LogP contribution in [0.1, 0.15) is 22.3 Å². The van der Waals surface area contributed by atoms with Crippen LogP contribution in [-0.2, 0) is 11.2 Å². The van der Waals surface area contributed by atoms with Gasteiger partial charge in [0.25, 0.3) is 5.91 Å². The van der Waals surface area contributed by atoms with Gasteiger partial charge in [0.15, 0.2) is 0 Å². The molecule has 1 aromatic carbocycles. The molecule has 4 nitrogen and oxygen atoms in total. The highest BCUT2D eigenvalue weighted by Gasteiger charge is 2.20. The molecule has 1 atom stereocenters. The van der Waals surface area contributed by atoms with Gasteiger partial charge in [-0.1, -0.05) is 18.2 Å².